The number of ether oxygens (including phenoxy) is 2. The van der Waals surface area contributed by atoms with Crippen LogP contribution in [0.2, 0.25) is 10.0 Å². The molecule has 0 fully saturated rings. The third-order valence-electron chi connectivity index (χ3n) is 6.05. The molecular weight excluding hydrogens is 457 g/mol. The van der Waals surface area contributed by atoms with Crippen molar-refractivity contribution >= 4 is 35.1 Å². The van der Waals surface area contributed by atoms with Gasteiger partial charge in [-0.2, -0.15) is 0 Å². The van der Waals surface area contributed by atoms with Crippen LogP contribution in [0.15, 0.2) is 54.3 Å². The maximum atomic E-state index is 13.1. The van der Waals surface area contributed by atoms with E-state index in [-0.39, 0.29) is 5.78 Å². The highest BCUT2D eigenvalue weighted by atomic mass is 35.5. The number of aryl methyl sites for hydroxylation is 1. The number of ketones is 1. The number of carbonyl (C=O) groups is 1. The van der Waals surface area contributed by atoms with Gasteiger partial charge >= 0.3 is 0 Å². The molecule has 0 spiro atoms. The molecule has 0 amide bonds. The summed E-state index contributed by atoms with van der Waals surface area (Å²) in [6, 6.07) is 15.5. The Labute approximate surface area is 203 Å². The van der Waals surface area contributed by atoms with Gasteiger partial charge in [-0.3, -0.25) is 9.69 Å². The molecule has 33 heavy (non-hydrogen) atoms. The molecule has 5 rings (SSSR count). The number of carbonyl (C=O) groups excluding carboxylic acids is 1. The Kier molecular flexibility index (Phi) is 5.92. The Morgan fingerprint density at radius 1 is 1.06 bits per heavy atom. The molecule has 0 radical (unpaired) electrons. The van der Waals surface area contributed by atoms with Crippen molar-refractivity contribution in [3.05, 3.63) is 97.7 Å². The van der Waals surface area contributed by atoms with Crippen molar-refractivity contribution in [1.82, 2.24) is 4.90 Å². The van der Waals surface area contributed by atoms with Crippen LogP contribution in [0.1, 0.15) is 38.2 Å². The van der Waals surface area contributed by atoms with Gasteiger partial charge in [0.15, 0.2) is 5.76 Å². The number of nitrogens with zero attached hydrogens (tertiary/aromatic N) is 1. The van der Waals surface area contributed by atoms with Gasteiger partial charge in [0.25, 0.3) is 0 Å². The van der Waals surface area contributed by atoms with Crippen molar-refractivity contribution in [2.45, 2.75) is 26.8 Å². The molecular formula is C27H23Cl2NO3. The number of fused-ring (bicyclic) bond motifs is 2. The summed E-state index contributed by atoms with van der Waals surface area (Å²) in [5.41, 5.74) is 5.57. The van der Waals surface area contributed by atoms with Crippen LogP contribution in [0.4, 0.5) is 0 Å². The predicted molar refractivity (Wildman–Crippen MR) is 131 cm³/mol. The van der Waals surface area contributed by atoms with E-state index in [1.54, 1.807) is 12.1 Å². The summed E-state index contributed by atoms with van der Waals surface area (Å²) in [6.45, 7) is 5.91. The molecule has 2 aliphatic rings. The number of allylic oxidation sites excluding steroid dienone is 1. The predicted octanol–water partition coefficient (Wildman–Crippen LogP) is 6.62. The molecule has 3 aromatic rings. The molecule has 0 aliphatic carbocycles. The van der Waals surface area contributed by atoms with E-state index in [0.717, 1.165) is 46.5 Å². The van der Waals surface area contributed by atoms with Gasteiger partial charge in [0.2, 0.25) is 5.78 Å². The lowest BCUT2D eigenvalue weighted by atomic mass is 9.99. The van der Waals surface area contributed by atoms with Crippen LogP contribution in [0.25, 0.3) is 6.08 Å². The van der Waals surface area contributed by atoms with E-state index in [1.807, 2.05) is 56.3 Å². The largest absolute Gasteiger partial charge is 0.477 e. The van der Waals surface area contributed by atoms with Crippen LogP contribution in [0.5, 0.6) is 11.5 Å². The van der Waals surface area contributed by atoms with Crippen LogP contribution < -0.4 is 9.47 Å². The van der Waals surface area contributed by atoms with Gasteiger partial charge in [-0.25, -0.2) is 0 Å². The lowest BCUT2D eigenvalue weighted by Crippen LogP contribution is -2.34. The Hall–Kier alpha value is -2.79. The van der Waals surface area contributed by atoms with E-state index in [2.05, 4.69) is 4.90 Å². The average Bonchev–Trinajstić information content (AvgIpc) is 3.09. The van der Waals surface area contributed by atoms with Gasteiger partial charge in [0.1, 0.15) is 18.2 Å². The summed E-state index contributed by atoms with van der Waals surface area (Å²) in [6.07, 6.45) is 2.58. The fourth-order valence-electron chi connectivity index (χ4n) is 4.35. The molecule has 6 heteroatoms. The lowest BCUT2D eigenvalue weighted by Gasteiger charge is -2.30. The zero-order valence-electron chi connectivity index (χ0n) is 18.5. The smallest absolute Gasteiger partial charge is 0.231 e. The molecule has 0 saturated carbocycles. The molecule has 0 atom stereocenters. The average molecular weight is 480 g/mol. The van der Waals surface area contributed by atoms with Gasteiger partial charge in [0.05, 0.1) is 5.56 Å². The molecule has 0 bridgehead atoms. The van der Waals surface area contributed by atoms with E-state index < -0.39 is 0 Å². The van der Waals surface area contributed by atoms with E-state index in [0.29, 0.717) is 40.4 Å². The molecule has 0 saturated heterocycles. The number of benzene rings is 3. The Morgan fingerprint density at radius 3 is 2.70 bits per heavy atom. The summed E-state index contributed by atoms with van der Waals surface area (Å²) in [5.74, 6) is 1.65. The van der Waals surface area contributed by atoms with E-state index in [1.165, 1.54) is 0 Å². The normalized spacial score (nSPS) is 16.4. The molecule has 0 unspecified atom stereocenters. The minimum Gasteiger partial charge on any atom is -0.477 e. The summed E-state index contributed by atoms with van der Waals surface area (Å²) >= 11 is 12.3. The Morgan fingerprint density at radius 2 is 1.91 bits per heavy atom. The minimum absolute atomic E-state index is 0.0949. The molecule has 0 aromatic heterocycles. The van der Waals surface area contributed by atoms with Crippen molar-refractivity contribution in [2.75, 3.05) is 13.3 Å². The summed E-state index contributed by atoms with van der Waals surface area (Å²) in [4.78, 5) is 15.3. The number of halogens is 2. The molecule has 2 heterocycles. The van der Waals surface area contributed by atoms with Gasteiger partial charge in [-0.15, -0.1) is 0 Å². The third-order valence-corrected chi connectivity index (χ3v) is 6.64. The Balaban J connectivity index is 1.36. The summed E-state index contributed by atoms with van der Waals surface area (Å²) in [7, 11) is 0. The van der Waals surface area contributed by atoms with Crippen LogP contribution in [0, 0.1) is 13.8 Å². The summed E-state index contributed by atoms with van der Waals surface area (Å²) < 4.78 is 12.1. The minimum atomic E-state index is -0.0949. The molecule has 4 nitrogen and oxygen atoms in total. The van der Waals surface area contributed by atoms with Crippen LogP contribution in [-0.2, 0) is 13.0 Å². The van der Waals surface area contributed by atoms with Gasteiger partial charge < -0.3 is 9.47 Å². The molecule has 168 valence electrons. The van der Waals surface area contributed by atoms with E-state index >= 15 is 0 Å². The Bertz CT molecular complexity index is 1300. The number of Topliss-reactive ketones (excluding diaryl/α,β-unsaturated/α-hetero) is 1. The third kappa shape index (κ3) is 4.39. The molecule has 0 N–H and O–H groups in total. The maximum absolute atomic E-state index is 13.1. The number of hydrogen-bond acceptors (Lipinski definition) is 4. The maximum Gasteiger partial charge on any atom is 0.231 e. The van der Waals surface area contributed by atoms with Crippen LogP contribution in [0.3, 0.4) is 0 Å². The van der Waals surface area contributed by atoms with E-state index in [4.69, 9.17) is 32.7 Å². The number of rotatable bonds is 4. The molecule has 2 aliphatic heterocycles. The standard InChI is InChI=1S/C27H23Cl2NO3/c1-16-4-3-5-18(10-16)11-24-25(31)22-12-20-14-30(15-32-26(20)17(2)27(22)33-24)9-8-19-6-7-21(28)13-23(19)29/h3-7,10-13H,8-9,14-15H2,1-2H3/b24-11-. The zero-order valence-corrected chi connectivity index (χ0v) is 20.0. The second-order valence-corrected chi connectivity index (χ2v) is 9.38. The van der Waals surface area contributed by atoms with Crippen LogP contribution >= 0.6 is 23.2 Å². The van der Waals surface area contributed by atoms with Gasteiger partial charge in [-0.1, -0.05) is 59.1 Å². The van der Waals surface area contributed by atoms with E-state index in [9.17, 15) is 4.79 Å². The zero-order chi connectivity index (χ0) is 23.1. The fourth-order valence-corrected chi connectivity index (χ4v) is 4.86. The SMILES string of the molecule is Cc1cccc(/C=C2\Oc3c(cc4c(c3C)OCN(CCc3ccc(Cl)cc3Cl)C4)C2=O)c1. The van der Waals surface area contributed by atoms with Crippen molar-refractivity contribution < 1.29 is 14.3 Å². The number of hydrogen-bond donors (Lipinski definition) is 0. The topological polar surface area (TPSA) is 38.8 Å². The quantitative estimate of drug-likeness (QED) is 0.394. The fraction of sp³-hybridized carbons (Fsp3) is 0.222. The van der Waals surface area contributed by atoms with Crippen molar-refractivity contribution in [3.63, 3.8) is 0 Å². The first-order chi connectivity index (χ1) is 15.9. The van der Waals surface area contributed by atoms with Crippen molar-refractivity contribution in [2.24, 2.45) is 0 Å². The second-order valence-electron chi connectivity index (χ2n) is 8.53. The summed E-state index contributed by atoms with van der Waals surface area (Å²) in [5, 5.41) is 1.30. The highest BCUT2D eigenvalue weighted by Crippen LogP contribution is 2.43. The molecule has 3 aromatic carbocycles. The van der Waals surface area contributed by atoms with Crippen molar-refractivity contribution in [3.8, 4) is 11.5 Å². The first-order valence-corrected chi connectivity index (χ1v) is 11.6. The first kappa shape index (κ1) is 22.0. The van der Waals surface area contributed by atoms with Crippen molar-refractivity contribution in [1.29, 1.82) is 0 Å². The highest BCUT2D eigenvalue weighted by Gasteiger charge is 2.33. The monoisotopic (exact) mass is 479 g/mol. The van der Waals surface area contributed by atoms with Gasteiger partial charge in [0, 0.05) is 34.3 Å². The first-order valence-electron chi connectivity index (χ1n) is 10.9. The van der Waals surface area contributed by atoms with Crippen LogP contribution in [-0.4, -0.2) is 24.0 Å². The lowest BCUT2D eigenvalue weighted by molar-refractivity contribution is 0.0954. The highest BCUT2D eigenvalue weighted by molar-refractivity contribution is 6.35. The second kappa shape index (κ2) is 8.86. The van der Waals surface area contributed by atoms with Gasteiger partial charge in [-0.05, 0) is 55.7 Å².